The van der Waals surface area contributed by atoms with E-state index in [0.717, 1.165) is 0 Å². The molecule has 2 N–H and O–H groups in total. The molecule has 0 saturated carbocycles. The molecule has 0 spiro atoms. The Morgan fingerprint density at radius 3 is 2.09 bits per heavy atom. The average molecular weight is 314 g/mol. The number of hydrogen-bond donors (Lipinski definition) is 2. The van der Waals surface area contributed by atoms with E-state index in [-0.39, 0.29) is 18.1 Å². The molecule has 0 aliphatic heterocycles. The van der Waals surface area contributed by atoms with Crippen molar-refractivity contribution in [2.24, 2.45) is 5.92 Å². The summed E-state index contributed by atoms with van der Waals surface area (Å²) in [6.45, 7) is 6.45. The molecule has 0 heterocycles. The summed E-state index contributed by atoms with van der Waals surface area (Å²) in [5, 5.41) is 11.1. The molecular formula is C15H26N2O5. The van der Waals surface area contributed by atoms with Gasteiger partial charge in [-0.1, -0.05) is 20.8 Å². The van der Waals surface area contributed by atoms with Crippen molar-refractivity contribution in [2.75, 3.05) is 7.05 Å². The molecule has 3 atom stereocenters. The molecule has 0 fully saturated rings. The Hall–Kier alpha value is -1.92. The Morgan fingerprint density at radius 2 is 1.68 bits per heavy atom. The number of rotatable bonds is 9. The highest BCUT2D eigenvalue weighted by Crippen LogP contribution is 2.12. The predicted molar refractivity (Wildman–Crippen MR) is 81.2 cm³/mol. The van der Waals surface area contributed by atoms with Gasteiger partial charge in [0.1, 0.15) is 6.04 Å². The summed E-state index contributed by atoms with van der Waals surface area (Å²) in [6, 6.07) is -1.56. The van der Waals surface area contributed by atoms with Crippen molar-refractivity contribution in [3.8, 4) is 0 Å². The quantitative estimate of drug-likeness (QED) is 0.655. The van der Waals surface area contributed by atoms with Gasteiger partial charge in [-0.15, -0.1) is 0 Å². The summed E-state index contributed by atoms with van der Waals surface area (Å²) in [6.07, 6.45) is 0.755. The number of nitrogens with zero attached hydrogens (tertiary/aromatic N) is 1. The number of carbonyl (C=O) groups is 4. The average Bonchev–Trinajstić information content (AvgIpc) is 2.46. The highest BCUT2D eigenvalue weighted by atomic mass is 16.4. The van der Waals surface area contributed by atoms with Gasteiger partial charge in [0.15, 0.2) is 5.78 Å². The first kappa shape index (κ1) is 20.1. The Bertz CT molecular complexity index is 436. The van der Waals surface area contributed by atoms with Gasteiger partial charge in [-0.25, -0.2) is 0 Å². The van der Waals surface area contributed by atoms with E-state index < -0.39 is 29.9 Å². The van der Waals surface area contributed by atoms with Gasteiger partial charge in [0, 0.05) is 25.8 Å². The second-order valence-electron chi connectivity index (χ2n) is 5.42. The van der Waals surface area contributed by atoms with E-state index in [9.17, 15) is 19.2 Å². The summed E-state index contributed by atoms with van der Waals surface area (Å²) in [5.41, 5.74) is 0. The maximum Gasteiger partial charge on any atom is 0.325 e. The molecule has 2 amide bonds. The Kier molecular flexibility index (Phi) is 8.37. The van der Waals surface area contributed by atoms with Crippen molar-refractivity contribution in [2.45, 2.75) is 59.0 Å². The predicted octanol–water partition coefficient (Wildman–Crippen LogP) is 0.818. The minimum Gasteiger partial charge on any atom is -0.480 e. The molecular weight excluding hydrogens is 288 g/mol. The molecule has 22 heavy (non-hydrogen) atoms. The number of carboxylic acid groups (broad SMARTS) is 1. The van der Waals surface area contributed by atoms with Gasteiger partial charge in [0.2, 0.25) is 11.8 Å². The third-order valence-corrected chi connectivity index (χ3v) is 3.61. The van der Waals surface area contributed by atoms with Crippen LogP contribution in [0.3, 0.4) is 0 Å². The van der Waals surface area contributed by atoms with Crippen LogP contribution in [0.25, 0.3) is 0 Å². The van der Waals surface area contributed by atoms with Crippen LogP contribution in [0.15, 0.2) is 0 Å². The molecule has 0 radical (unpaired) electrons. The van der Waals surface area contributed by atoms with Gasteiger partial charge in [-0.2, -0.15) is 0 Å². The SMILES string of the molecule is CCC(=O)N(C)[C@H](CC)C(=O)C[C@H](C)C(=O)N[C@H](C)C(=O)O. The number of amides is 2. The summed E-state index contributed by atoms with van der Waals surface area (Å²) in [7, 11) is 1.58. The lowest BCUT2D eigenvalue weighted by Crippen LogP contribution is -2.45. The fourth-order valence-corrected chi connectivity index (χ4v) is 2.09. The van der Waals surface area contributed by atoms with Crippen LogP contribution < -0.4 is 5.32 Å². The number of Topliss-reactive ketones (excluding diaryl/α,β-unsaturated/α-hetero) is 1. The first-order valence-electron chi connectivity index (χ1n) is 7.47. The van der Waals surface area contributed by atoms with Crippen molar-refractivity contribution in [3.05, 3.63) is 0 Å². The van der Waals surface area contributed by atoms with Gasteiger partial charge in [-0.3, -0.25) is 19.2 Å². The van der Waals surface area contributed by atoms with Gasteiger partial charge in [0.25, 0.3) is 0 Å². The van der Waals surface area contributed by atoms with E-state index in [0.29, 0.717) is 12.8 Å². The number of nitrogens with one attached hydrogen (secondary N) is 1. The van der Waals surface area contributed by atoms with Crippen LogP contribution in [0, 0.1) is 5.92 Å². The Labute approximate surface area is 131 Å². The Morgan fingerprint density at radius 1 is 1.14 bits per heavy atom. The van der Waals surface area contributed by atoms with E-state index in [2.05, 4.69) is 5.32 Å². The largest absolute Gasteiger partial charge is 0.480 e. The molecule has 0 bridgehead atoms. The smallest absolute Gasteiger partial charge is 0.325 e. The van der Waals surface area contributed by atoms with E-state index in [4.69, 9.17) is 5.11 Å². The number of hydrogen-bond acceptors (Lipinski definition) is 4. The highest BCUT2D eigenvalue weighted by Gasteiger charge is 2.28. The summed E-state index contributed by atoms with van der Waals surface area (Å²) >= 11 is 0. The lowest BCUT2D eigenvalue weighted by Gasteiger charge is -2.26. The zero-order valence-electron chi connectivity index (χ0n) is 13.9. The minimum atomic E-state index is -1.13. The van der Waals surface area contributed by atoms with E-state index >= 15 is 0 Å². The minimum absolute atomic E-state index is 0.0297. The number of aliphatic carboxylic acids is 1. The monoisotopic (exact) mass is 314 g/mol. The van der Waals surface area contributed by atoms with Gasteiger partial charge in [-0.05, 0) is 13.3 Å². The molecule has 0 aliphatic carbocycles. The molecule has 0 aromatic carbocycles. The molecule has 7 nitrogen and oxygen atoms in total. The summed E-state index contributed by atoms with van der Waals surface area (Å²) in [4.78, 5) is 47.9. The van der Waals surface area contributed by atoms with Crippen LogP contribution in [0.4, 0.5) is 0 Å². The fourth-order valence-electron chi connectivity index (χ4n) is 2.09. The maximum absolute atomic E-state index is 12.3. The molecule has 0 aromatic heterocycles. The van der Waals surface area contributed by atoms with Crippen molar-refractivity contribution in [3.63, 3.8) is 0 Å². The normalized spacial score (nSPS) is 14.6. The zero-order valence-corrected chi connectivity index (χ0v) is 13.9. The molecule has 0 unspecified atom stereocenters. The summed E-state index contributed by atoms with van der Waals surface area (Å²) in [5.74, 6) is -2.59. The molecule has 0 saturated heterocycles. The van der Waals surface area contributed by atoms with Crippen LogP contribution in [0.2, 0.25) is 0 Å². The lowest BCUT2D eigenvalue weighted by atomic mass is 9.97. The van der Waals surface area contributed by atoms with E-state index in [1.807, 2.05) is 0 Å². The van der Waals surface area contributed by atoms with Crippen LogP contribution in [0.1, 0.15) is 47.0 Å². The zero-order chi connectivity index (χ0) is 17.4. The van der Waals surface area contributed by atoms with E-state index in [1.165, 1.54) is 11.8 Å². The third kappa shape index (κ3) is 5.83. The molecule has 0 rings (SSSR count). The molecule has 0 aromatic rings. The Balaban J connectivity index is 4.70. The fraction of sp³-hybridized carbons (Fsp3) is 0.733. The van der Waals surface area contributed by atoms with Gasteiger partial charge < -0.3 is 15.3 Å². The number of ketones is 1. The lowest BCUT2D eigenvalue weighted by molar-refractivity contribution is -0.142. The van der Waals surface area contributed by atoms with Crippen molar-refractivity contribution < 1.29 is 24.3 Å². The van der Waals surface area contributed by atoms with Crippen molar-refractivity contribution in [1.82, 2.24) is 10.2 Å². The topological polar surface area (TPSA) is 104 Å². The maximum atomic E-state index is 12.3. The second kappa shape index (κ2) is 9.17. The van der Waals surface area contributed by atoms with Crippen LogP contribution >= 0.6 is 0 Å². The molecule has 126 valence electrons. The highest BCUT2D eigenvalue weighted by molar-refractivity contribution is 5.93. The van der Waals surface area contributed by atoms with Crippen LogP contribution in [0.5, 0.6) is 0 Å². The molecule has 7 heteroatoms. The standard InChI is InChI=1S/C15H26N2O5/c1-6-11(17(5)13(19)7-2)12(18)8-9(3)14(20)16-10(4)15(21)22/h9-11H,6-8H2,1-5H3,(H,16,20)(H,21,22)/t9-,10+,11+/m0/s1. The molecule has 0 aliphatic rings. The van der Waals surface area contributed by atoms with Gasteiger partial charge in [0.05, 0.1) is 6.04 Å². The first-order valence-corrected chi connectivity index (χ1v) is 7.47. The van der Waals surface area contributed by atoms with Gasteiger partial charge >= 0.3 is 5.97 Å². The van der Waals surface area contributed by atoms with Crippen molar-refractivity contribution >= 4 is 23.6 Å². The number of carboxylic acids is 1. The summed E-state index contributed by atoms with van der Waals surface area (Å²) < 4.78 is 0. The van der Waals surface area contributed by atoms with Crippen LogP contribution in [-0.2, 0) is 19.2 Å². The van der Waals surface area contributed by atoms with E-state index in [1.54, 1.807) is 27.8 Å². The number of carbonyl (C=O) groups excluding carboxylic acids is 3. The van der Waals surface area contributed by atoms with Crippen molar-refractivity contribution in [1.29, 1.82) is 0 Å². The number of likely N-dealkylation sites (N-methyl/N-ethyl adjacent to an activating group) is 1. The van der Waals surface area contributed by atoms with Crippen LogP contribution in [-0.4, -0.2) is 52.7 Å². The second-order valence-corrected chi connectivity index (χ2v) is 5.42. The third-order valence-electron chi connectivity index (χ3n) is 3.61. The first-order chi connectivity index (χ1) is 10.1.